The Morgan fingerprint density at radius 1 is 1.32 bits per heavy atom. The van der Waals surface area contributed by atoms with Crippen molar-refractivity contribution >= 4 is 45.8 Å². The van der Waals surface area contributed by atoms with E-state index in [1.165, 1.54) is 0 Å². The van der Waals surface area contributed by atoms with Gasteiger partial charge < -0.3 is 5.32 Å². The zero-order valence-electron chi connectivity index (χ0n) is 11.4. The first kappa shape index (κ1) is 15.0. The maximum absolute atomic E-state index is 6.30. The standard InChI is InChI=1S/C14H18Cl2N2S/c1-4-14(5-2)8-19-13(18-14)17-12-10(15)7-6-9(3)11(12)16/h6-7H,4-5,8H2,1-3H3,(H,17,18). The lowest BCUT2D eigenvalue weighted by Crippen LogP contribution is -2.24. The van der Waals surface area contributed by atoms with E-state index >= 15 is 0 Å². The third-order valence-corrected chi connectivity index (χ3v) is 5.60. The second-order valence-corrected chi connectivity index (χ2v) is 6.56. The summed E-state index contributed by atoms with van der Waals surface area (Å²) in [6, 6.07) is 3.78. The van der Waals surface area contributed by atoms with Gasteiger partial charge in [-0.1, -0.05) is 54.9 Å². The van der Waals surface area contributed by atoms with Crippen molar-refractivity contribution in [2.45, 2.75) is 39.2 Å². The molecule has 5 heteroatoms. The quantitative estimate of drug-likeness (QED) is 0.810. The summed E-state index contributed by atoms with van der Waals surface area (Å²) in [5.74, 6) is 1.02. The number of benzene rings is 1. The van der Waals surface area contributed by atoms with Crippen LogP contribution in [0.2, 0.25) is 10.0 Å². The number of rotatable bonds is 3. The minimum atomic E-state index is 0.0653. The summed E-state index contributed by atoms with van der Waals surface area (Å²) in [5.41, 5.74) is 1.84. The van der Waals surface area contributed by atoms with Crippen LogP contribution in [0.25, 0.3) is 0 Å². The molecule has 2 nitrogen and oxygen atoms in total. The molecule has 0 aromatic heterocycles. The Kier molecular flexibility index (Phi) is 4.70. The Balaban J connectivity index is 2.26. The molecule has 0 aliphatic carbocycles. The van der Waals surface area contributed by atoms with Gasteiger partial charge in [0, 0.05) is 5.75 Å². The molecule has 1 aromatic carbocycles. The van der Waals surface area contributed by atoms with Crippen LogP contribution in [-0.2, 0) is 0 Å². The van der Waals surface area contributed by atoms with Gasteiger partial charge in [0.1, 0.15) is 0 Å². The van der Waals surface area contributed by atoms with E-state index in [0.717, 1.165) is 35.0 Å². The Morgan fingerprint density at radius 2 is 2.00 bits per heavy atom. The maximum Gasteiger partial charge on any atom is 0.161 e. The summed E-state index contributed by atoms with van der Waals surface area (Å²) in [5, 5.41) is 5.50. The van der Waals surface area contributed by atoms with E-state index in [2.05, 4.69) is 19.2 Å². The number of halogens is 2. The van der Waals surface area contributed by atoms with Gasteiger partial charge >= 0.3 is 0 Å². The average Bonchev–Trinajstić information content (AvgIpc) is 2.83. The average molecular weight is 317 g/mol. The molecule has 1 aliphatic heterocycles. The fraction of sp³-hybridized carbons (Fsp3) is 0.500. The van der Waals surface area contributed by atoms with E-state index in [-0.39, 0.29) is 5.54 Å². The van der Waals surface area contributed by atoms with E-state index in [9.17, 15) is 0 Å². The number of thioether (sulfide) groups is 1. The molecule has 2 rings (SSSR count). The van der Waals surface area contributed by atoms with Crippen LogP contribution in [0.15, 0.2) is 17.1 Å². The number of hydrogen-bond acceptors (Lipinski definition) is 3. The van der Waals surface area contributed by atoms with Gasteiger partial charge in [-0.05, 0) is 31.4 Å². The fourth-order valence-electron chi connectivity index (χ4n) is 2.04. The normalized spacial score (nSPS) is 17.4. The summed E-state index contributed by atoms with van der Waals surface area (Å²) in [6.07, 6.45) is 2.11. The molecule has 0 saturated carbocycles. The molecule has 0 unspecified atom stereocenters. The fourth-order valence-corrected chi connectivity index (χ4v) is 3.81. The lowest BCUT2D eigenvalue weighted by molar-refractivity contribution is 0.456. The second kappa shape index (κ2) is 5.94. The summed E-state index contributed by atoms with van der Waals surface area (Å²) >= 11 is 14.3. The Morgan fingerprint density at radius 3 is 2.58 bits per heavy atom. The molecule has 0 bridgehead atoms. The highest BCUT2D eigenvalue weighted by Crippen LogP contribution is 2.37. The van der Waals surface area contributed by atoms with Crippen molar-refractivity contribution in [1.29, 1.82) is 0 Å². The SMILES string of the molecule is CCC1(CC)CSC(Nc2c(Cl)ccc(C)c2Cl)=N1. The van der Waals surface area contributed by atoms with E-state index in [0.29, 0.717) is 10.0 Å². The van der Waals surface area contributed by atoms with Gasteiger partial charge in [-0.25, -0.2) is 0 Å². The number of hydrogen-bond donors (Lipinski definition) is 1. The number of nitrogens with one attached hydrogen (secondary N) is 1. The number of amidine groups is 1. The van der Waals surface area contributed by atoms with Crippen molar-refractivity contribution in [3.05, 3.63) is 27.7 Å². The molecule has 0 saturated heterocycles. The van der Waals surface area contributed by atoms with Crippen LogP contribution < -0.4 is 5.32 Å². The van der Waals surface area contributed by atoms with Gasteiger partial charge in [0.25, 0.3) is 0 Å². The maximum atomic E-state index is 6.30. The molecule has 0 amide bonds. The van der Waals surface area contributed by atoms with Crippen LogP contribution in [0.5, 0.6) is 0 Å². The van der Waals surface area contributed by atoms with Gasteiger partial charge in [0.15, 0.2) is 5.17 Å². The van der Waals surface area contributed by atoms with Gasteiger partial charge in [0.2, 0.25) is 0 Å². The first-order valence-corrected chi connectivity index (χ1v) is 8.20. The van der Waals surface area contributed by atoms with Crippen LogP contribution in [-0.4, -0.2) is 16.5 Å². The molecular formula is C14H18Cl2N2S. The minimum absolute atomic E-state index is 0.0653. The van der Waals surface area contributed by atoms with Gasteiger partial charge in [0.05, 0.1) is 21.3 Å². The Labute approximate surface area is 129 Å². The monoisotopic (exact) mass is 316 g/mol. The van der Waals surface area contributed by atoms with Crippen LogP contribution in [0.4, 0.5) is 5.69 Å². The van der Waals surface area contributed by atoms with Gasteiger partial charge in [-0.2, -0.15) is 0 Å². The third kappa shape index (κ3) is 3.04. The van der Waals surface area contributed by atoms with E-state index in [1.54, 1.807) is 11.8 Å². The van der Waals surface area contributed by atoms with Gasteiger partial charge in [-0.15, -0.1) is 0 Å². The summed E-state index contributed by atoms with van der Waals surface area (Å²) < 4.78 is 0. The molecule has 104 valence electrons. The van der Waals surface area contributed by atoms with Crippen molar-refractivity contribution < 1.29 is 0 Å². The van der Waals surface area contributed by atoms with E-state index in [4.69, 9.17) is 28.2 Å². The molecule has 0 atom stereocenters. The van der Waals surface area contributed by atoms with Crippen LogP contribution in [0.3, 0.4) is 0 Å². The molecule has 0 spiro atoms. The molecule has 1 N–H and O–H groups in total. The van der Waals surface area contributed by atoms with Crippen LogP contribution in [0.1, 0.15) is 32.3 Å². The lowest BCUT2D eigenvalue weighted by atomic mass is 9.97. The van der Waals surface area contributed by atoms with Crippen LogP contribution in [0, 0.1) is 6.92 Å². The zero-order chi connectivity index (χ0) is 14.0. The van der Waals surface area contributed by atoms with Gasteiger partial charge in [-0.3, -0.25) is 4.99 Å². The topological polar surface area (TPSA) is 24.4 Å². The van der Waals surface area contributed by atoms with Crippen LogP contribution >= 0.6 is 35.0 Å². The Bertz CT molecular complexity index is 510. The van der Waals surface area contributed by atoms with Crippen molar-refractivity contribution in [2.75, 3.05) is 11.1 Å². The van der Waals surface area contributed by atoms with Crippen molar-refractivity contribution in [3.8, 4) is 0 Å². The molecule has 19 heavy (non-hydrogen) atoms. The van der Waals surface area contributed by atoms with Crippen molar-refractivity contribution in [2.24, 2.45) is 4.99 Å². The number of nitrogens with zero attached hydrogens (tertiary/aromatic N) is 1. The molecule has 1 heterocycles. The lowest BCUT2D eigenvalue weighted by Gasteiger charge is -2.20. The summed E-state index contributed by atoms with van der Waals surface area (Å²) in [4.78, 5) is 4.81. The molecule has 1 aromatic rings. The summed E-state index contributed by atoms with van der Waals surface area (Å²) in [6.45, 7) is 6.34. The van der Waals surface area contributed by atoms with Crippen molar-refractivity contribution in [1.82, 2.24) is 0 Å². The molecule has 0 fully saturated rings. The first-order valence-electron chi connectivity index (χ1n) is 6.45. The smallest absolute Gasteiger partial charge is 0.161 e. The molecule has 1 aliphatic rings. The number of aryl methyl sites for hydroxylation is 1. The third-order valence-electron chi connectivity index (χ3n) is 3.65. The predicted molar refractivity (Wildman–Crippen MR) is 88.0 cm³/mol. The highest BCUT2D eigenvalue weighted by atomic mass is 35.5. The highest BCUT2D eigenvalue weighted by molar-refractivity contribution is 8.14. The van der Waals surface area contributed by atoms with E-state index < -0.39 is 0 Å². The number of aliphatic imine (C=N–C) groups is 1. The summed E-state index contributed by atoms with van der Waals surface area (Å²) in [7, 11) is 0. The Hall–Kier alpha value is -0.380. The predicted octanol–water partition coefficient (Wildman–Crippen LogP) is 5.38. The molecule has 0 radical (unpaired) electrons. The first-order chi connectivity index (χ1) is 9.01. The van der Waals surface area contributed by atoms with Crippen molar-refractivity contribution in [3.63, 3.8) is 0 Å². The molecular weight excluding hydrogens is 299 g/mol. The minimum Gasteiger partial charge on any atom is -0.333 e. The number of anilines is 1. The van der Waals surface area contributed by atoms with E-state index in [1.807, 2.05) is 19.1 Å². The zero-order valence-corrected chi connectivity index (χ0v) is 13.7. The highest BCUT2D eigenvalue weighted by Gasteiger charge is 2.32. The second-order valence-electron chi connectivity index (χ2n) is 4.82. The largest absolute Gasteiger partial charge is 0.333 e.